The van der Waals surface area contributed by atoms with E-state index in [0.29, 0.717) is 11.0 Å². The Kier molecular flexibility index (Phi) is 3.33. The number of aromatic amines is 1. The highest BCUT2D eigenvalue weighted by molar-refractivity contribution is 6.32. The molecule has 0 aliphatic heterocycles. The molecule has 0 spiro atoms. The molecule has 0 radical (unpaired) electrons. The second kappa shape index (κ2) is 5.29. The number of carbonyl (C=O) groups excluding carboxylic acids is 1. The Morgan fingerprint density at radius 1 is 1.19 bits per heavy atom. The Morgan fingerprint density at radius 2 is 1.90 bits per heavy atom. The van der Waals surface area contributed by atoms with Gasteiger partial charge in [0.05, 0.1) is 17.2 Å². The number of nitrogens with one attached hydrogen (secondary N) is 2. The molecule has 1 aromatic carbocycles. The average molecular weight is 302 g/mol. The number of para-hydroxylation sites is 2. The van der Waals surface area contributed by atoms with Gasteiger partial charge >= 0.3 is 0 Å². The molecule has 3 aromatic rings. The van der Waals surface area contributed by atoms with Crippen LogP contribution in [0.2, 0.25) is 5.15 Å². The van der Waals surface area contributed by atoms with Gasteiger partial charge in [-0.25, -0.2) is 15.0 Å². The lowest BCUT2D eigenvalue weighted by Crippen LogP contribution is -2.18. The summed E-state index contributed by atoms with van der Waals surface area (Å²) in [6.45, 7) is 0. The van der Waals surface area contributed by atoms with E-state index in [1.54, 1.807) is 18.2 Å². The van der Waals surface area contributed by atoms with Crippen LogP contribution in [0.5, 0.6) is 0 Å². The molecule has 0 unspecified atom stereocenters. The van der Waals surface area contributed by atoms with Crippen LogP contribution in [-0.4, -0.2) is 25.8 Å². The third kappa shape index (κ3) is 2.72. The maximum Gasteiger partial charge on any atom is 0.277 e. The number of hydrogen-bond acceptors (Lipinski definition) is 5. The number of amides is 1. The lowest BCUT2D eigenvalue weighted by atomic mass is 10.3. The fourth-order valence-electron chi connectivity index (χ4n) is 1.70. The summed E-state index contributed by atoms with van der Waals surface area (Å²) in [6.07, 6.45) is 2.22. The minimum Gasteiger partial charge on any atom is -0.325 e. The molecule has 1 amide bonds. The van der Waals surface area contributed by atoms with Crippen molar-refractivity contribution in [1.82, 2.24) is 19.9 Å². The van der Waals surface area contributed by atoms with E-state index in [1.807, 2.05) is 6.07 Å². The van der Waals surface area contributed by atoms with Gasteiger partial charge in [0.2, 0.25) is 0 Å². The van der Waals surface area contributed by atoms with Crippen molar-refractivity contribution in [3.8, 4) is 0 Å². The number of H-pyrrole nitrogens is 1. The zero-order valence-electron chi connectivity index (χ0n) is 10.5. The van der Waals surface area contributed by atoms with Crippen LogP contribution in [-0.2, 0) is 0 Å². The summed E-state index contributed by atoms with van der Waals surface area (Å²) >= 11 is 5.99. The van der Waals surface area contributed by atoms with Gasteiger partial charge in [-0.3, -0.25) is 9.59 Å². The van der Waals surface area contributed by atoms with Gasteiger partial charge in [-0.1, -0.05) is 23.7 Å². The summed E-state index contributed by atoms with van der Waals surface area (Å²) in [4.78, 5) is 37.4. The van der Waals surface area contributed by atoms with Gasteiger partial charge in [-0.05, 0) is 12.1 Å². The number of nitrogens with zero attached hydrogens (tertiary/aromatic N) is 3. The van der Waals surface area contributed by atoms with Crippen LogP contribution in [0.15, 0.2) is 41.5 Å². The molecular formula is C13H8ClN5O2. The predicted octanol–water partition coefficient (Wildman–Crippen LogP) is 1.62. The molecule has 0 aliphatic rings. The summed E-state index contributed by atoms with van der Waals surface area (Å²) < 4.78 is 0. The Labute approximate surface area is 123 Å². The maximum absolute atomic E-state index is 12.0. The fraction of sp³-hybridized carbons (Fsp3) is 0. The molecule has 2 aromatic heterocycles. The second-order valence-electron chi connectivity index (χ2n) is 4.10. The van der Waals surface area contributed by atoms with E-state index in [-0.39, 0.29) is 16.7 Å². The minimum absolute atomic E-state index is 0.0422. The lowest BCUT2D eigenvalue weighted by Gasteiger charge is -2.06. The molecule has 8 heteroatoms. The standard InChI is InChI=1S/C13H8ClN5O2/c14-11-12(18-8-4-2-1-3-7(8)17-11)19-13(21)9-5-16-10(20)6-15-9/h1-6H,(H,16,20)(H,18,19,21). The van der Waals surface area contributed by atoms with Crippen LogP contribution in [0.25, 0.3) is 11.0 Å². The highest BCUT2D eigenvalue weighted by Gasteiger charge is 2.13. The molecule has 21 heavy (non-hydrogen) atoms. The summed E-state index contributed by atoms with van der Waals surface area (Å²) in [6, 6.07) is 7.14. The van der Waals surface area contributed by atoms with Crippen LogP contribution in [0, 0.1) is 0 Å². The first-order valence-corrected chi connectivity index (χ1v) is 6.29. The lowest BCUT2D eigenvalue weighted by molar-refractivity contribution is 0.102. The van der Waals surface area contributed by atoms with Gasteiger partial charge in [0.1, 0.15) is 5.69 Å². The number of anilines is 1. The smallest absolute Gasteiger partial charge is 0.277 e. The number of fused-ring (bicyclic) bond motifs is 1. The SMILES string of the molecule is O=C(Nc1nc2ccccc2nc1Cl)c1c[nH]c(=O)cn1. The van der Waals surface area contributed by atoms with Crippen molar-refractivity contribution in [2.75, 3.05) is 5.32 Å². The number of halogens is 1. The Morgan fingerprint density at radius 3 is 2.57 bits per heavy atom. The summed E-state index contributed by atoms with van der Waals surface area (Å²) in [7, 11) is 0. The normalized spacial score (nSPS) is 10.5. The van der Waals surface area contributed by atoms with Gasteiger partial charge in [0.25, 0.3) is 11.5 Å². The van der Waals surface area contributed by atoms with E-state index in [1.165, 1.54) is 6.20 Å². The highest BCUT2D eigenvalue weighted by Crippen LogP contribution is 2.21. The van der Waals surface area contributed by atoms with Crippen molar-refractivity contribution in [2.45, 2.75) is 0 Å². The van der Waals surface area contributed by atoms with Crippen molar-refractivity contribution >= 4 is 34.4 Å². The van der Waals surface area contributed by atoms with Gasteiger partial charge < -0.3 is 10.3 Å². The topological polar surface area (TPSA) is 101 Å². The molecule has 2 heterocycles. The quantitative estimate of drug-likeness (QED) is 0.749. The highest BCUT2D eigenvalue weighted by atomic mass is 35.5. The third-order valence-corrected chi connectivity index (χ3v) is 2.93. The number of benzene rings is 1. The molecule has 0 atom stereocenters. The molecule has 0 bridgehead atoms. The van der Waals surface area contributed by atoms with Gasteiger partial charge in [0.15, 0.2) is 11.0 Å². The zero-order valence-corrected chi connectivity index (χ0v) is 11.3. The molecular weight excluding hydrogens is 294 g/mol. The van der Waals surface area contributed by atoms with Gasteiger partial charge in [0, 0.05) is 6.20 Å². The first-order valence-electron chi connectivity index (χ1n) is 5.92. The third-order valence-electron chi connectivity index (χ3n) is 2.66. The monoisotopic (exact) mass is 301 g/mol. The Bertz CT molecular complexity index is 873. The van der Waals surface area contributed by atoms with Crippen LogP contribution < -0.4 is 10.9 Å². The summed E-state index contributed by atoms with van der Waals surface area (Å²) in [5.41, 5.74) is 0.880. The van der Waals surface area contributed by atoms with Crippen LogP contribution in [0.3, 0.4) is 0 Å². The average Bonchev–Trinajstić information content (AvgIpc) is 2.48. The van der Waals surface area contributed by atoms with E-state index < -0.39 is 11.5 Å². The summed E-state index contributed by atoms with van der Waals surface area (Å²) in [5, 5.41) is 2.58. The molecule has 3 rings (SSSR count). The predicted molar refractivity (Wildman–Crippen MR) is 77.4 cm³/mol. The molecule has 0 aliphatic carbocycles. The summed E-state index contributed by atoms with van der Waals surface area (Å²) in [5.74, 6) is -0.411. The zero-order chi connectivity index (χ0) is 14.8. The van der Waals surface area contributed by atoms with Crippen LogP contribution >= 0.6 is 11.6 Å². The number of hydrogen-bond donors (Lipinski definition) is 2. The molecule has 0 saturated carbocycles. The molecule has 0 fully saturated rings. The molecule has 7 nitrogen and oxygen atoms in total. The van der Waals surface area contributed by atoms with Crippen molar-refractivity contribution in [3.05, 3.63) is 57.9 Å². The Hall–Kier alpha value is -2.80. The number of aromatic nitrogens is 4. The van der Waals surface area contributed by atoms with E-state index >= 15 is 0 Å². The number of carbonyl (C=O) groups is 1. The van der Waals surface area contributed by atoms with Crippen LogP contribution in [0.4, 0.5) is 5.82 Å². The van der Waals surface area contributed by atoms with E-state index in [0.717, 1.165) is 6.20 Å². The number of rotatable bonds is 2. The van der Waals surface area contributed by atoms with Crippen molar-refractivity contribution in [1.29, 1.82) is 0 Å². The van der Waals surface area contributed by atoms with E-state index in [2.05, 4.69) is 25.3 Å². The maximum atomic E-state index is 12.0. The largest absolute Gasteiger partial charge is 0.325 e. The van der Waals surface area contributed by atoms with Crippen molar-refractivity contribution < 1.29 is 4.79 Å². The first kappa shape index (κ1) is 13.2. The minimum atomic E-state index is -0.544. The van der Waals surface area contributed by atoms with E-state index in [4.69, 9.17) is 11.6 Å². The van der Waals surface area contributed by atoms with Gasteiger partial charge in [-0.2, -0.15) is 0 Å². The van der Waals surface area contributed by atoms with Crippen molar-refractivity contribution in [3.63, 3.8) is 0 Å². The fourth-order valence-corrected chi connectivity index (χ4v) is 1.88. The first-order chi connectivity index (χ1) is 10.1. The van der Waals surface area contributed by atoms with Crippen LogP contribution in [0.1, 0.15) is 10.5 Å². The Balaban J connectivity index is 1.94. The van der Waals surface area contributed by atoms with Crippen molar-refractivity contribution in [2.24, 2.45) is 0 Å². The molecule has 0 saturated heterocycles. The second-order valence-corrected chi connectivity index (χ2v) is 4.46. The molecule has 2 N–H and O–H groups in total. The molecule has 104 valence electrons. The van der Waals surface area contributed by atoms with E-state index in [9.17, 15) is 9.59 Å². The van der Waals surface area contributed by atoms with Gasteiger partial charge in [-0.15, -0.1) is 0 Å².